The summed E-state index contributed by atoms with van der Waals surface area (Å²) in [5, 5.41) is 11.6. The summed E-state index contributed by atoms with van der Waals surface area (Å²) in [4.78, 5) is 36.8. The van der Waals surface area contributed by atoms with Crippen molar-refractivity contribution in [1.29, 1.82) is 0 Å². The highest BCUT2D eigenvalue weighted by Gasteiger charge is 2.25. The van der Waals surface area contributed by atoms with Crippen molar-refractivity contribution in [3.63, 3.8) is 0 Å². The zero-order valence-electron chi connectivity index (χ0n) is 37.0. The number of likely N-dealkylation sites (N-methyl/N-ethyl adjacent to an activating group) is 1. The summed E-state index contributed by atoms with van der Waals surface area (Å²) in [5.41, 5.74) is 0. The molecule has 0 aromatic rings. The lowest BCUT2D eigenvalue weighted by Crippen LogP contribution is -2.55. The van der Waals surface area contributed by atoms with Crippen molar-refractivity contribution in [2.75, 3.05) is 41.0 Å². The minimum atomic E-state index is -1.13. The number of carbonyl (C=O) groups excluding carboxylic acids is 3. The van der Waals surface area contributed by atoms with E-state index in [1.807, 2.05) is 0 Å². The van der Waals surface area contributed by atoms with Crippen LogP contribution >= 0.6 is 0 Å². The average molecular weight is 798 g/mol. The Bertz CT molecular complexity index is 1160. The molecule has 0 aromatic heterocycles. The lowest BCUT2D eigenvalue weighted by atomic mass is 10.1. The number of rotatable bonds is 39. The van der Waals surface area contributed by atoms with E-state index < -0.39 is 18.1 Å². The number of esters is 2. The van der Waals surface area contributed by atoms with Gasteiger partial charge >= 0.3 is 11.9 Å². The molecule has 0 amide bonds. The number of unbranched alkanes of at least 4 members (excludes halogenated alkanes) is 13. The Labute approximate surface area is 349 Å². The van der Waals surface area contributed by atoms with Crippen molar-refractivity contribution in [2.24, 2.45) is 0 Å². The smallest absolute Gasteiger partial charge is 0.306 e. The van der Waals surface area contributed by atoms with Gasteiger partial charge in [0.15, 0.2) is 6.10 Å². The van der Waals surface area contributed by atoms with E-state index in [-0.39, 0.29) is 42.7 Å². The summed E-state index contributed by atoms with van der Waals surface area (Å²) < 4.78 is 17.1. The monoisotopic (exact) mass is 798 g/mol. The first-order chi connectivity index (χ1) is 27.6. The summed E-state index contributed by atoms with van der Waals surface area (Å²) in [6, 6.07) is -0.732. The number of carbonyl (C=O) groups is 3. The molecule has 0 rings (SSSR count). The van der Waals surface area contributed by atoms with Crippen molar-refractivity contribution < 1.29 is 38.2 Å². The molecule has 0 bridgehead atoms. The number of hydrogen-bond donors (Lipinski definition) is 0. The van der Waals surface area contributed by atoms with Gasteiger partial charge in [-0.2, -0.15) is 0 Å². The minimum Gasteiger partial charge on any atom is -0.544 e. The Kier molecular flexibility index (Phi) is 37.3. The van der Waals surface area contributed by atoms with Gasteiger partial charge in [-0.25, -0.2) is 0 Å². The third-order valence-corrected chi connectivity index (χ3v) is 9.58. The highest BCUT2D eigenvalue weighted by molar-refractivity contribution is 5.70. The average Bonchev–Trinajstić information content (AvgIpc) is 3.17. The molecule has 8 heteroatoms. The number of ether oxygens (including phenoxy) is 3. The van der Waals surface area contributed by atoms with Crippen molar-refractivity contribution >= 4 is 17.9 Å². The minimum absolute atomic E-state index is 0.0285. The van der Waals surface area contributed by atoms with Crippen LogP contribution in [0, 0.1) is 0 Å². The molecule has 8 nitrogen and oxygen atoms in total. The first-order valence-electron chi connectivity index (χ1n) is 22.5. The van der Waals surface area contributed by atoms with Crippen molar-refractivity contribution in [3.05, 3.63) is 72.9 Å². The number of hydrogen-bond acceptors (Lipinski definition) is 7. The van der Waals surface area contributed by atoms with E-state index in [2.05, 4.69) is 86.8 Å². The number of carboxylic acid groups (broad SMARTS) is 1. The van der Waals surface area contributed by atoms with Crippen LogP contribution < -0.4 is 5.11 Å². The van der Waals surface area contributed by atoms with Crippen LogP contribution in [-0.2, 0) is 28.6 Å². The normalized spacial score (nSPS) is 13.6. The van der Waals surface area contributed by atoms with E-state index >= 15 is 0 Å². The fourth-order valence-electron chi connectivity index (χ4n) is 6.08. The summed E-state index contributed by atoms with van der Waals surface area (Å²) in [7, 11) is 5.39. The molecule has 326 valence electrons. The van der Waals surface area contributed by atoms with Crippen LogP contribution in [0.25, 0.3) is 0 Å². The largest absolute Gasteiger partial charge is 0.544 e. The van der Waals surface area contributed by atoms with Gasteiger partial charge in [-0.1, -0.05) is 145 Å². The molecule has 0 saturated heterocycles. The van der Waals surface area contributed by atoms with Crippen LogP contribution in [0.15, 0.2) is 72.9 Å². The zero-order valence-corrected chi connectivity index (χ0v) is 37.0. The molecular weight excluding hydrogens is 715 g/mol. The van der Waals surface area contributed by atoms with Gasteiger partial charge in [0.25, 0.3) is 0 Å². The maximum atomic E-state index is 12.7. The molecule has 0 fully saturated rings. The topological polar surface area (TPSA) is 102 Å². The van der Waals surface area contributed by atoms with Crippen LogP contribution in [-0.4, -0.2) is 75.5 Å². The molecule has 2 atom stereocenters. The Morgan fingerprint density at radius 2 is 0.982 bits per heavy atom. The van der Waals surface area contributed by atoms with E-state index in [9.17, 15) is 19.5 Å². The summed E-state index contributed by atoms with van der Waals surface area (Å²) in [5.74, 6) is -1.77. The SMILES string of the molecule is CC/C=C/C/C=C/C/C=C/C/C=C/C/C=C/CCCCCCCCC(=O)OC(COCCC(C(=O)[O-])[N+](C)(C)C)COC(=O)CCCCCCC/C=C/CCCC. The molecule has 2 unspecified atom stereocenters. The predicted molar refractivity (Wildman–Crippen MR) is 235 cm³/mol. The van der Waals surface area contributed by atoms with Crippen LogP contribution in [0.5, 0.6) is 0 Å². The van der Waals surface area contributed by atoms with Gasteiger partial charge in [0.05, 0.1) is 40.3 Å². The molecule has 0 aliphatic carbocycles. The van der Waals surface area contributed by atoms with Gasteiger partial charge in [-0.15, -0.1) is 0 Å². The molecule has 0 spiro atoms. The van der Waals surface area contributed by atoms with Crippen LogP contribution in [0.2, 0.25) is 0 Å². The Morgan fingerprint density at radius 3 is 1.47 bits per heavy atom. The van der Waals surface area contributed by atoms with Crippen molar-refractivity contribution in [1.82, 2.24) is 0 Å². The molecule has 0 saturated carbocycles. The highest BCUT2D eigenvalue weighted by atomic mass is 16.6. The van der Waals surface area contributed by atoms with Gasteiger partial charge in [-0.05, 0) is 77.0 Å². The van der Waals surface area contributed by atoms with Crippen LogP contribution in [0.3, 0.4) is 0 Å². The lowest BCUT2D eigenvalue weighted by Gasteiger charge is -2.34. The second-order valence-corrected chi connectivity index (χ2v) is 15.9. The molecule has 0 aromatic carbocycles. The summed E-state index contributed by atoms with van der Waals surface area (Å²) >= 11 is 0. The first kappa shape index (κ1) is 53.8. The fraction of sp³-hybridized carbons (Fsp3) is 0.694. The van der Waals surface area contributed by atoms with Gasteiger partial charge in [-0.3, -0.25) is 9.59 Å². The number of nitrogens with zero attached hydrogens (tertiary/aromatic N) is 1. The second kappa shape index (κ2) is 39.6. The van der Waals surface area contributed by atoms with E-state index in [0.29, 0.717) is 12.8 Å². The van der Waals surface area contributed by atoms with Crippen LogP contribution in [0.4, 0.5) is 0 Å². The third-order valence-electron chi connectivity index (χ3n) is 9.58. The lowest BCUT2D eigenvalue weighted by molar-refractivity contribution is -0.889. The third kappa shape index (κ3) is 38.1. The molecule has 0 aliphatic rings. The molecular formula is C49H83NO7. The summed E-state index contributed by atoms with van der Waals surface area (Å²) in [6.07, 6.45) is 49.3. The standard InChI is InChI=1S/C49H83NO7/c1-6-8-10-12-14-16-18-19-20-21-22-23-24-25-26-27-28-30-32-34-36-38-40-48(52)57-45(43-55-42-41-46(49(53)54)50(3,4)5)44-56-47(51)39-37-35-33-31-29-17-15-13-11-9-7-2/h8,10,13-16,19-20,22-23,25-26,45-46H,6-7,9,11-12,17-18,21,24,27-44H2,1-5H3/b10-8+,15-13+,16-14+,20-19+,23-22+,26-25+. The Balaban J connectivity index is 4.34. The number of quaternary nitrogens is 1. The zero-order chi connectivity index (χ0) is 42.1. The Hall–Kier alpha value is -3.23. The number of aliphatic carboxylic acids is 1. The van der Waals surface area contributed by atoms with Gasteiger partial charge in [0, 0.05) is 19.3 Å². The second-order valence-electron chi connectivity index (χ2n) is 15.9. The fourth-order valence-corrected chi connectivity index (χ4v) is 6.08. The van der Waals surface area contributed by atoms with E-state index in [4.69, 9.17) is 14.2 Å². The predicted octanol–water partition coefficient (Wildman–Crippen LogP) is 11.0. The van der Waals surface area contributed by atoms with Gasteiger partial charge < -0.3 is 28.6 Å². The van der Waals surface area contributed by atoms with Gasteiger partial charge in [0.1, 0.15) is 12.6 Å². The molecule has 0 heterocycles. The number of allylic oxidation sites excluding steroid dienone is 12. The van der Waals surface area contributed by atoms with E-state index in [1.165, 1.54) is 38.5 Å². The number of carboxylic acids is 1. The maximum absolute atomic E-state index is 12.7. The first-order valence-corrected chi connectivity index (χ1v) is 22.5. The van der Waals surface area contributed by atoms with Crippen molar-refractivity contribution in [3.8, 4) is 0 Å². The molecule has 0 aliphatic heterocycles. The quantitative estimate of drug-likeness (QED) is 0.0264. The molecule has 57 heavy (non-hydrogen) atoms. The van der Waals surface area contributed by atoms with E-state index in [0.717, 1.165) is 96.3 Å². The maximum Gasteiger partial charge on any atom is 0.306 e. The van der Waals surface area contributed by atoms with E-state index in [1.54, 1.807) is 21.1 Å². The van der Waals surface area contributed by atoms with Crippen LogP contribution in [0.1, 0.15) is 168 Å². The Morgan fingerprint density at radius 1 is 0.544 bits per heavy atom. The van der Waals surface area contributed by atoms with Gasteiger partial charge in [0.2, 0.25) is 0 Å². The summed E-state index contributed by atoms with van der Waals surface area (Å²) in [6.45, 7) is 4.47. The van der Waals surface area contributed by atoms with Crippen molar-refractivity contribution in [2.45, 2.75) is 180 Å². The highest BCUT2D eigenvalue weighted by Crippen LogP contribution is 2.13. The molecule has 0 N–H and O–H groups in total. The molecule has 0 radical (unpaired) electrons.